The molecule has 1 saturated carbocycles. The highest BCUT2D eigenvalue weighted by Gasteiger charge is 2.28. The van der Waals surface area contributed by atoms with Gasteiger partial charge in [0, 0.05) is 44.2 Å². The molecule has 1 aliphatic heterocycles. The Morgan fingerprint density at radius 3 is 2.45 bits per heavy atom. The predicted octanol–water partition coefficient (Wildman–Crippen LogP) is 2.89. The van der Waals surface area contributed by atoms with Crippen LogP contribution in [0.5, 0.6) is 0 Å². The summed E-state index contributed by atoms with van der Waals surface area (Å²) in [6.07, 6.45) is 6.77. The van der Waals surface area contributed by atoms with E-state index in [0.29, 0.717) is 5.69 Å². The predicted molar refractivity (Wildman–Crippen MR) is 84.9 cm³/mol. The van der Waals surface area contributed by atoms with Gasteiger partial charge in [0.05, 0.1) is 0 Å². The second-order valence-corrected chi connectivity index (χ2v) is 6.89. The van der Waals surface area contributed by atoms with Crippen molar-refractivity contribution in [2.45, 2.75) is 57.9 Å². The van der Waals surface area contributed by atoms with Crippen molar-refractivity contribution in [3.63, 3.8) is 0 Å². The molecule has 3 rings (SSSR count). The number of amides is 1. The standard InChI is InChI=1S/C17H27N3O2/c1-13(2)16-12-15(18-22-16)17(21)20-10-8-19(9-11-20)14-6-4-3-5-7-14/h12-14H,3-11H2,1-2H3. The molecule has 122 valence electrons. The average Bonchev–Trinajstić information content (AvgIpc) is 3.05. The summed E-state index contributed by atoms with van der Waals surface area (Å²) in [6, 6.07) is 2.53. The van der Waals surface area contributed by atoms with Gasteiger partial charge in [0.2, 0.25) is 0 Å². The Balaban J connectivity index is 1.54. The fraction of sp³-hybridized carbons (Fsp3) is 0.765. The van der Waals surface area contributed by atoms with Gasteiger partial charge in [0.25, 0.3) is 5.91 Å². The van der Waals surface area contributed by atoms with Crippen molar-refractivity contribution in [3.8, 4) is 0 Å². The second kappa shape index (κ2) is 6.82. The summed E-state index contributed by atoms with van der Waals surface area (Å²) in [5.74, 6) is 1.06. The highest BCUT2D eigenvalue weighted by Crippen LogP contribution is 2.24. The van der Waals surface area contributed by atoms with E-state index >= 15 is 0 Å². The largest absolute Gasteiger partial charge is 0.360 e. The summed E-state index contributed by atoms with van der Waals surface area (Å²) in [5.41, 5.74) is 0.454. The highest BCUT2D eigenvalue weighted by molar-refractivity contribution is 5.92. The zero-order valence-electron chi connectivity index (χ0n) is 13.8. The fourth-order valence-electron chi connectivity index (χ4n) is 3.56. The van der Waals surface area contributed by atoms with Crippen LogP contribution in [0.1, 0.15) is 68.1 Å². The molecule has 1 amide bonds. The Bertz CT molecular complexity index is 498. The molecule has 2 aliphatic rings. The maximum Gasteiger partial charge on any atom is 0.276 e. The number of hydrogen-bond acceptors (Lipinski definition) is 4. The molecule has 0 N–H and O–H groups in total. The number of carbonyl (C=O) groups is 1. The zero-order valence-corrected chi connectivity index (χ0v) is 13.8. The van der Waals surface area contributed by atoms with Crippen LogP contribution >= 0.6 is 0 Å². The molecule has 2 heterocycles. The quantitative estimate of drug-likeness (QED) is 0.861. The number of piperazine rings is 1. The van der Waals surface area contributed by atoms with E-state index < -0.39 is 0 Å². The van der Waals surface area contributed by atoms with Crippen molar-refractivity contribution in [2.75, 3.05) is 26.2 Å². The maximum absolute atomic E-state index is 12.5. The molecule has 1 saturated heterocycles. The molecule has 0 bridgehead atoms. The molecule has 0 unspecified atom stereocenters. The number of carbonyl (C=O) groups excluding carboxylic acids is 1. The van der Waals surface area contributed by atoms with E-state index in [4.69, 9.17) is 4.52 Å². The van der Waals surface area contributed by atoms with Gasteiger partial charge in [0.1, 0.15) is 5.76 Å². The van der Waals surface area contributed by atoms with Gasteiger partial charge in [-0.15, -0.1) is 0 Å². The summed E-state index contributed by atoms with van der Waals surface area (Å²) in [7, 11) is 0. The Morgan fingerprint density at radius 1 is 1.18 bits per heavy atom. The first-order valence-electron chi connectivity index (χ1n) is 8.65. The lowest BCUT2D eigenvalue weighted by Crippen LogP contribution is -2.52. The number of aromatic nitrogens is 1. The molecule has 1 aliphatic carbocycles. The van der Waals surface area contributed by atoms with Crippen molar-refractivity contribution in [1.29, 1.82) is 0 Å². The Morgan fingerprint density at radius 2 is 1.86 bits per heavy atom. The maximum atomic E-state index is 12.5. The van der Waals surface area contributed by atoms with Crippen molar-refractivity contribution in [1.82, 2.24) is 15.0 Å². The van der Waals surface area contributed by atoms with Crippen LogP contribution in [-0.4, -0.2) is 53.1 Å². The third-order valence-electron chi connectivity index (χ3n) is 5.01. The first kappa shape index (κ1) is 15.5. The molecule has 0 aromatic carbocycles. The van der Waals surface area contributed by atoms with E-state index in [2.05, 4.69) is 10.1 Å². The van der Waals surface area contributed by atoms with Crippen LogP contribution in [0, 0.1) is 0 Å². The van der Waals surface area contributed by atoms with Gasteiger partial charge in [-0.25, -0.2) is 0 Å². The van der Waals surface area contributed by atoms with Crippen LogP contribution in [0.2, 0.25) is 0 Å². The van der Waals surface area contributed by atoms with Gasteiger partial charge in [-0.2, -0.15) is 0 Å². The summed E-state index contributed by atoms with van der Waals surface area (Å²) in [5, 5.41) is 3.94. The normalized spacial score (nSPS) is 21.5. The van der Waals surface area contributed by atoms with E-state index in [1.807, 2.05) is 18.7 Å². The smallest absolute Gasteiger partial charge is 0.276 e. The fourth-order valence-corrected chi connectivity index (χ4v) is 3.56. The lowest BCUT2D eigenvalue weighted by Gasteiger charge is -2.40. The van der Waals surface area contributed by atoms with Gasteiger partial charge in [-0.1, -0.05) is 38.3 Å². The van der Waals surface area contributed by atoms with E-state index in [0.717, 1.165) is 38.0 Å². The first-order chi connectivity index (χ1) is 10.6. The van der Waals surface area contributed by atoms with Crippen molar-refractivity contribution in [3.05, 3.63) is 17.5 Å². The Hall–Kier alpha value is -1.36. The zero-order chi connectivity index (χ0) is 15.5. The molecule has 1 aromatic heterocycles. The molecule has 2 fully saturated rings. The SMILES string of the molecule is CC(C)c1cc(C(=O)N2CCN(C3CCCCC3)CC2)no1. The molecule has 5 nitrogen and oxygen atoms in total. The van der Waals surface area contributed by atoms with Crippen LogP contribution in [0.25, 0.3) is 0 Å². The summed E-state index contributed by atoms with van der Waals surface area (Å²) in [4.78, 5) is 17.0. The van der Waals surface area contributed by atoms with Crippen molar-refractivity contribution < 1.29 is 9.32 Å². The average molecular weight is 305 g/mol. The van der Waals surface area contributed by atoms with E-state index in [-0.39, 0.29) is 11.8 Å². The molecule has 1 aromatic rings. The van der Waals surface area contributed by atoms with Crippen molar-refractivity contribution >= 4 is 5.91 Å². The number of rotatable bonds is 3. The molecule has 0 spiro atoms. The monoisotopic (exact) mass is 305 g/mol. The number of hydrogen-bond donors (Lipinski definition) is 0. The van der Waals surface area contributed by atoms with E-state index in [9.17, 15) is 4.79 Å². The van der Waals surface area contributed by atoms with E-state index in [1.165, 1.54) is 32.1 Å². The van der Waals surface area contributed by atoms with Gasteiger partial charge in [-0.3, -0.25) is 9.69 Å². The minimum absolute atomic E-state index is 0.0129. The second-order valence-electron chi connectivity index (χ2n) is 6.89. The van der Waals surface area contributed by atoms with Crippen LogP contribution in [0.15, 0.2) is 10.6 Å². The van der Waals surface area contributed by atoms with Gasteiger partial charge < -0.3 is 9.42 Å². The minimum Gasteiger partial charge on any atom is -0.360 e. The Labute approximate surface area is 132 Å². The lowest BCUT2D eigenvalue weighted by atomic mass is 9.94. The summed E-state index contributed by atoms with van der Waals surface area (Å²) >= 11 is 0. The van der Waals surface area contributed by atoms with Crippen molar-refractivity contribution in [2.24, 2.45) is 0 Å². The van der Waals surface area contributed by atoms with Crippen LogP contribution in [0.4, 0.5) is 0 Å². The molecule has 0 atom stereocenters. The lowest BCUT2D eigenvalue weighted by molar-refractivity contribution is 0.0515. The molecular formula is C17H27N3O2. The molecule has 5 heteroatoms. The van der Waals surface area contributed by atoms with Crippen LogP contribution < -0.4 is 0 Å². The van der Waals surface area contributed by atoms with Gasteiger partial charge in [0.15, 0.2) is 5.69 Å². The van der Waals surface area contributed by atoms with Crippen LogP contribution in [-0.2, 0) is 0 Å². The third-order valence-corrected chi connectivity index (χ3v) is 5.01. The van der Waals surface area contributed by atoms with Crippen LogP contribution in [0.3, 0.4) is 0 Å². The Kier molecular flexibility index (Phi) is 4.81. The van der Waals surface area contributed by atoms with Gasteiger partial charge in [-0.05, 0) is 12.8 Å². The topological polar surface area (TPSA) is 49.6 Å². The summed E-state index contributed by atoms with van der Waals surface area (Å²) < 4.78 is 5.25. The summed E-state index contributed by atoms with van der Waals surface area (Å²) in [6.45, 7) is 7.67. The third kappa shape index (κ3) is 3.35. The van der Waals surface area contributed by atoms with Gasteiger partial charge >= 0.3 is 0 Å². The molecule has 0 radical (unpaired) electrons. The molecule has 22 heavy (non-hydrogen) atoms. The van der Waals surface area contributed by atoms with E-state index in [1.54, 1.807) is 6.07 Å². The molecular weight excluding hydrogens is 278 g/mol. The first-order valence-corrected chi connectivity index (χ1v) is 8.65. The number of nitrogens with zero attached hydrogens (tertiary/aromatic N) is 3. The highest BCUT2D eigenvalue weighted by atomic mass is 16.5. The minimum atomic E-state index is 0.0129.